The summed E-state index contributed by atoms with van der Waals surface area (Å²) in [6.07, 6.45) is 1.91. The Balaban J connectivity index is 2.75. The van der Waals surface area contributed by atoms with Gasteiger partial charge >= 0.3 is 12.0 Å². The van der Waals surface area contributed by atoms with Gasteiger partial charge in [0, 0.05) is 7.05 Å². The lowest BCUT2D eigenvalue weighted by molar-refractivity contribution is 0.173. The summed E-state index contributed by atoms with van der Waals surface area (Å²) in [5, 5.41) is 2.88. The number of aromatic nitrogens is 3. The van der Waals surface area contributed by atoms with Gasteiger partial charge in [-0.3, -0.25) is 0 Å². The van der Waals surface area contributed by atoms with E-state index in [1.807, 2.05) is 13.8 Å². The molecule has 1 atom stereocenters. The normalized spacial score (nSPS) is 12.3. The molecule has 0 aliphatic rings. The number of rotatable bonds is 8. The lowest BCUT2D eigenvalue weighted by Crippen LogP contribution is -2.17. The third kappa shape index (κ3) is 5.72. The second kappa shape index (κ2) is 7.76. The number of anilines is 1. The summed E-state index contributed by atoms with van der Waals surface area (Å²) in [5.74, 6) is 1.02. The molecule has 6 nitrogen and oxygen atoms in total. The van der Waals surface area contributed by atoms with Crippen molar-refractivity contribution in [3.63, 3.8) is 0 Å². The average molecular weight is 268 g/mol. The van der Waals surface area contributed by atoms with Crippen LogP contribution in [0.25, 0.3) is 0 Å². The zero-order valence-electron chi connectivity index (χ0n) is 12.4. The summed E-state index contributed by atoms with van der Waals surface area (Å²) < 4.78 is 11.1. The van der Waals surface area contributed by atoms with E-state index >= 15 is 0 Å². The molecule has 0 amide bonds. The number of hydrogen-bond acceptors (Lipinski definition) is 6. The predicted octanol–water partition coefficient (Wildman–Crippen LogP) is 2.52. The van der Waals surface area contributed by atoms with Gasteiger partial charge in [-0.2, -0.15) is 9.97 Å². The molecule has 0 saturated carbocycles. The summed E-state index contributed by atoms with van der Waals surface area (Å²) >= 11 is 0. The fourth-order valence-electron chi connectivity index (χ4n) is 1.65. The molecule has 0 radical (unpaired) electrons. The van der Waals surface area contributed by atoms with E-state index in [1.165, 1.54) is 0 Å². The van der Waals surface area contributed by atoms with Gasteiger partial charge in [-0.05, 0) is 25.7 Å². The molecule has 0 aliphatic heterocycles. The van der Waals surface area contributed by atoms with Gasteiger partial charge in [0.05, 0.1) is 12.7 Å². The van der Waals surface area contributed by atoms with Crippen LogP contribution in [0, 0.1) is 5.92 Å². The molecular weight excluding hydrogens is 244 g/mol. The lowest BCUT2D eigenvalue weighted by Gasteiger charge is -2.15. The molecule has 1 rings (SSSR count). The van der Waals surface area contributed by atoms with Crippen LogP contribution < -0.4 is 14.8 Å². The zero-order chi connectivity index (χ0) is 14.3. The second-order valence-electron chi connectivity index (χ2n) is 4.88. The Kier molecular flexibility index (Phi) is 6.32. The molecule has 108 valence electrons. The standard InChI is InChI=1S/C13H24N4O2/c1-6-7-18-12-15-11(14-5)16-13(17-12)19-10(4)8-9(2)3/h9-10H,6-8H2,1-5H3,(H,14,15,16,17). The molecule has 0 aromatic carbocycles. The highest BCUT2D eigenvalue weighted by Crippen LogP contribution is 2.16. The monoisotopic (exact) mass is 268 g/mol. The van der Waals surface area contributed by atoms with E-state index < -0.39 is 0 Å². The van der Waals surface area contributed by atoms with Gasteiger partial charge in [-0.1, -0.05) is 20.8 Å². The van der Waals surface area contributed by atoms with E-state index in [0.717, 1.165) is 12.8 Å². The molecule has 0 saturated heterocycles. The Hall–Kier alpha value is -1.59. The third-order valence-electron chi connectivity index (χ3n) is 2.36. The highest BCUT2D eigenvalue weighted by Gasteiger charge is 2.12. The molecule has 1 aromatic heterocycles. The maximum atomic E-state index is 5.71. The van der Waals surface area contributed by atoms with E-state index in [0.29, 0.717) is 30.5 Å². The van der Waals surface area contributed by atoms with Crippen molar-refractivity contribution in [3.8, 4) is 12.0 Å². The fraction of sp³-hybridized carbons (Fsp3) is 0.769. The van der Waals surface area contributed by atoms with Crippen LogP contribution in [0.1, 0.15) is 40.5 Å². The second-order valence-corrected chi connectivity index (χ2v) is 4.88. The molecule has 0 aliphatic carbocycles. The summed E-state index contributed by atoms with van der Waals surface area (Å²) in [6.45, 7) is 8.93. The van der Waals surface area contributed by atoms with Crippen LogP contribution in [0.5, 0.6) is 12.0 Å². The number of hydrogen-bond donors (Lipinski definition) is 1. The SMILES string of the molecule is CCCOc1nc(NC)nc(OC(C)CC(C)C)n1. The van der Waals surface area contributed by atoms with Gasteiger partial charge in [0.15, 0.2) is 0 Å². The van der Waals surface area contributed by atoms with Crippen molar-refractivity contribution in [2.45, 2.75) is 46.6 Å². The first-order valence-corrected chi connectivity index (χ1v) is 6.78. The van der Waals surface area contributed by atoms with Crippen molar-refractivity contribution >= 4 is 5.95 Å². The lowest BCUT2D eigenvalue weighted by atomic mass is 10.1. The molecule has 6 heteroatoms. The van der Waals surface area contributed by atoms with Crippen molar-refractivity contribution in [2.75, 3.05) is 19.0 Å². The van der Waals surface area contributed by atoms with Crippen molar-refractivity contribution in [3.05, 3.63) is 0 Å². The van der Waals surface area contributed by atoms with E-state index in [9.17, 15) is 0 Å². The highest BCUT2D eigenvalue weighted by atomic mass is 16.5. The first-order valence-electron chi connectivity index (χ1n) is 6.78. The minimum Gasteiger partial charge on any atom is -0.463 e. The van der Waals surface area contributed by atoms with Crippen LogP contribution in [-0.2, 0) is 0 Å². The van der Waals surface area contributed by atoms with Crippen molar-refractivity contribution in [1.82, 2.24) is 15.0 Å². The largest absolute Gasteiger partial charge is 0.463 e. The minimum atomic E-state index is 0.0612. The number of ether oxygens (including phenoxy) is 2. The highest BCUT2D eigenvalue weighted by molar-refractivity contribution is 5.26. The summed E-state index contributed by atoms with van der Waals surface area (Å²) in [6, 6.07) is 0.603. The molecule has 0 spiro atoms. The average Bonchev–Trinajstić information content (AvgIpc) is 2.34. The van der Waals surface area contributed by atoms with E-state index in [2.05, 4.69) is 34.1 Å². The molecule has 1 aromatic rings. The predicted molar refractivity (Wildman–Crippen MR) is 74.7 cm³/mol. The van der Waals surface area contributed by atoms with Crippen molar-refractivity contribution in [1.29, 1.82) is 0 Å². The molecule has 0 bridgehead atoms. The van der Waals surface area contributed by atoms with Crippen LogP contribution in [0.15, 0.2) is 0 Å². The Morgan fingerprint density at radius 1 is 1.11 bits per heavy atom. The smallest absolute Gasteiger partial charge is 0.324 e. The van der Waals surface area contributed by atoms with Crippen molar-refractivity contribution in [2.24, 2.45) is 5.92 Å². The summed E-state index contributed by atoms with van der Waals surface area (Å²) in [7, 11) is 1.75. The van der Waals surface area contributed by atoms with Gasteiger partial charge < -0.3 is 14.8 Å². The van der Waals surface area contributed by atoms with Gasteiger partial charge in [0.2, 0.25) is 5.95 Å². The van der Waals surface area contributed by atoms with Crippen LogP contribution in [0.4, 0.5) is 5.95 Å². The molecule has 1 unspecified atom stereocenters. The summed E-state index contributed by atoms with van der Waals surface area (Å²) in [4.78, 5) is 12.5. The van der Waals surface area contributed by atoms with E-state index in [1.54, 1.807) is 7.05 Å². The zero-order valence-corrected chi connectivity index (χ0v) is 12.4. The van der Waals surface area contributed by atoms with Gasteiger partial charge in [-0.15, -0.1) is 4.98 Å². The van der Waals surface area contributed by atoms with Crippen molar-refractivity contribution < 1.29 is 9.47 Å². The Morgan fingerprint density at radius 3 is 2.37 bits per heavy atom. The maximum Gasteiger partial charge on any atom is 0.324 e. The van der Waals surface area contributed by atoms with Gasteiger partial charge in [0.1, 0.15) is 0 Å². The van der Waals surface area contributed by atoms with Gasteiger partial charge in [-0.25, -0.2) is 0 Å². The first kappa shape index (κ1) is 15.5. The Morgan fingerprint density at radius 2 is 1.79 bits per heavy atom. The minimum absolute atomic E-state index is 0.0612. The summed E-state index contributed by atoms with van der Waals surface area (Å²) in [5.41, 5.74) is 0. The first-order chi connectivity index (χ1) is 9.05. The van der Waals surface area contributed by atoms with Crippen LogP contribution in [0.3, 0.4) is 0 Å². The molecule has 19 heavy (non-hydrogen) atoms. The van der Waals surface area contributed by atoms with Crippen LogP contribution in [0.2, 0.25) is 0 Å². The van der Waals surface area contributed by atoms with E-state index in [-0.39, 0.29) is 6.10 Å². The Labute approximate surface area is 115 Å². The number of nitrogens with one attached hydrogen (secondary N) is 1. The van der Waals surface area contributed by atoms with E-state index in [4.69, 9.17) is 9.47 Å². The Bertz CT molecular complexity index is 385. The van der Waals surface area contributed by atoms with Gasteiger partial charge in [0.25, 0.3) is 0 Å². The topological polar surface area (TPSA) is 69.2 Å². The third-order valence-corrected chi connectivity index (χ3v) is 2.36. The quantitative estimate of drug-likeness (QED) is 0.781. The fourth-order valence-corrected chi connectivity index (χ4v) is 1.65. The molecule has 1 N–H and O–H groups in total. The number of nitrogens with zero attached hydrogens (tertiary/aromatic N) is 3. The molecular formula is C13H24N4O2. The maximum absolute atomic E-state index is 5.71. The van der Waals surface area contributed by atoms with Crippen LogP contribution >= 0.6 is 0 Å². The van der Waals surface area contributed by atoms with Crippen LogP contribution in [-0.4, -0.2) is 34.7 Å². The molecule has 1 heterocycles. The molecule has 0 fully saturated rings.